The summed E-state index contributed by atoms with van der Waals surface area (Å²) in [5, 5.41) is 0. The zero-order valence-corrected chi connectivity index (χ0v) is 22.0. The minimum atomic E-state index is -0.241. The second-order valence-corrected chi connectivity index (χ2v) is 10.3. The van der Waals surface area contributed by atoms with Gasteiger partial charge in [-0.3, -0.25) is 9.78 Å². The minimum absolute atomic E-state index is 0. The minimum Gasteiger partial charge on any atom is -0.341 e. The Balaban J connectivity index is 0.00000320. The highest BCUT2D eigenvalue weighted by Crippen LogP contribution is 2.38. The van der Waals surface area contributed by atoms with Crippen LogP contribution >= 0.6 is 12.4 Å². The van der Waals surface area contributed by atoms with E-state index in [0.717, 1.165) is 74.2 Å². The van der Waals surface area contributed by atoms with Crippen molar-refractivity contribution in [3.8, 4) is 0 Å². The van der Waals surface area contributed by atoms with Crippen LogP contribution in [0.25, 0.3) is 0 Å². The van der Waals surface area contributed by atoms with Crippen molar-refractivity contribution in [1.82, 2.24) is 14.8 Å². The number of pyridine rings is 1. The second kappa shape index (κ2) is 12.1. The molecule has 196 valence electrons. The van der Waals surface area contributed by atoms with Crippen molar-refractivity contribution in [3.05, 3.63) is 101 Å². The first-order valence-electron chi connectivity index (χ1n) is 12.9. The van der Waals surface area contributed by atoms with Gasteiger partial charge in [-0.25, -0.2) is 8.78 Å². The van der Waals surface area contributed by atoms with Crippen LogP contribution in [0.15, 0.2) is 66.9 Å². The summed E-state index contributed by atoms with van der Waals surface area (Å²) in [6.07, 6.45) is 5.70. The molecule has 1 aromatic heterocycles. The zero-order valence-electron chi connectivity index (χ0n) is 21.2. The highest BCUT2D eigenvalue weighted by atomic mass is 35.5. The quantitative estimate of drug-likeness (QED) is 0.398. The number of nitrogens with zero attached hydrogens (tertiary/aromatic N) is 3. The van der Waals surface area contributed by atoms with E-state index in [0.29, 0.717) is 11.8 Å². The van der Waals surface area contributed by atoms with Crippen LogP contribution in [-0.4, -0.2) is 53.9 Å². The number of aromatic nitrogens is 1. The van der Waals surface area contributed by atoms with Crippen molar-refractivity contribution < 1.29 is 13.6 Å². The van der Waals surface area contributed by atoms with Gasteiger partial charge in [-0.15, -0.1) is 12.4 Å². The lowest BCUT2D eigenvalue weighted by Gasteiger charge is -2.37. The Bertz CT molecular complexity index is 1130. The fourth-order valence-electron chi connectivity index (χ4n) is 5.95. The first-order valence-corrected chi connectivity index (χ1v) is 12.9. The maximum absolute atomic E-state index is 13.6. The number of fused-ring (bicyclic) bond motifs is 1. The molecule has 5 rings (SSSR count). The zero-order chi connectivity index (χ0) is 25.1. The van der Waals surface area contributed by atoms with Crippen LogP contribution < -0.4 is 0 Å². The molecule has 0 radical (unpaired) electrons. The lowest BCUT2D eigenvalue weighted by atomic mass is 9.76. The molecule has 2 aliphatic rings. The maximum atomic E-state index is 13.6. The van der Waals surface area contributed by atoms with Gasteiger partial charge in [0.15, 0.2) is 0 Å². The molecule has 2 aromatic carbocycles. The summed E-state index contributed by atoms with van der Waals surface area (Å²) >= 11 is 0. The third kappa shape index (κ3) is 6.36. The molecule has 0 aliphatic carbocycles. The number of rotatable bonds is 6. The summed E-state index contributed by atoms with van der Waals surface area (Å²) < 4.78 is 27.2. The molecule has 1 unspecified atom stereocenters. The Morgan fingerprint density at radius 1 is 0.946 bits per heavy atom. The third-order valence-corrected chi connectivity index (χ3v) is 7.90. The Labute approximate surface area is 224 Å². The molecule has 1 amide bonds. The summed E-state index contributed by atoms with van der Waals surface area (Å²) in [6.45, 7) is 3.75. The van der Waals surface area contributed by atoms with Crippen LogP contribution in [0.1, 0.15) is 52.4 Å². The molecule has 1 saturated heterocycles. The largest absolute Gasteiger partial charge is 0.341 e. The van der Waals surface area contributed by atoms with Gasteiger partial charge in [0.05, 0.1) is 11.3 Å². The molecule has 0 bridgehead atoms. The van der Waals surface area contributed by atoms with Gasteiger partial charge in [-0.2, -0.15) is 0 Å². The summed E-state index contributed by atoms with van der Waals surface area (Å²) in [6, 6.07) is 17.2. The van der Waals surface area contributed by atoms with E-state index in [1.54, 1.807) is 6.20 Å². The second-order valence-electron chi connectivity index (χ2n) is 10.3. The van der Waals surface area contributed by atoms with Gasteiger partial charge < -0.3 is 9.80 Å². The number of piperidine rings is 1. The van der Waals surface area contributed by atoms with Crippen LogP contribution in [0.4, 0.5) is 8.78 Å². The average Bonchev–Trinajstić information content (AvgIpc) is 3.02. The van der Waals surface area contributed by atoms with Crippen LogP contribution in [0.5, 0.6) is 0 Å². The Morgan fingerprint density at radius 3 is 2.14 bits per heavy atom. The van der Waals surface area contributed by atoms with Gasteiger partial charge >= 0.3 is 0 Å². The number of likely N-dealkylation sites (tertiary alicyclic amines) is 1. The van der Waals surface area contributed by atoms with E-state index < -0.39 is 0 Å². The molecule has 0 N–H and O–H groups in total. The van der Waals surface area contributed by atoms with Crippen molar-refractivity contribution >= 4 is 18.3 Å². The smallest absolute Gasteiger partial charge is 0.255 e. The van der Waals surface area contributed by atoms with Gasteiger partial charge in [0.25, 0.3) is 5.91 Å². The SMILES string of the molecule is CN1CC(CCN2CCC(C(c3ccc(F)cc3)c3ccc(F)cc3)CC2)Cc2ncccc2C1=O.Cl. The van der Waals surface area contributed by atoms with Crippen molar-refractivity contribution in [3.63, 3.8) is 0 Å². The van der Waals surface area contributed by atoms with E-state index in [-0.39, 0.29) is 35.9 Å². The van der Waals surface area contributed by atoms with E-state index in [9.17, 15) is 13.6 Å². The molecular weight excluding hydrogens is 492 g/mol. The molecule has 0 saturated carbocycles. The van der Waals surface area contributed by atoms with E-state index >= 15 is 0 Å². The third-order valence-electron chi connectivity index (χ3n) is 7.90. The molecule has 37 heavy (non-hydrogen) atoms. The molecule has 1 atom stereocenters. The summed E-state index contributed by atoms with van der Waals surface area (Å²) in [4.78, 5) is 21.5. The maximum Gasteiger partial charge on any atom is 0.255 e. The summed E-state index contributed by atoms with van der Waals surface area (Å²) in [5.41, 5.74) is 3.81. The van der Waals surface area contributed by atoms with Crippen LogP contribution in [0, 0.1) is 23.5 Å². The highest BCUT2D eigenvalue weighted by Gasteiger charge is 2.30. The monoisotopic (exact) mass is 525 g/mol. The van der Waals surface area contributed by atoms with E-state index in [1.807, 2.05) is 48.3 Å². The summed E-state index contributed by atoms with van der Waals surface area (Å²) in [5.74, 6) is 0.505. The van der Waals surface area contributed by atoms with Crippen LogP contribution in [0.2, 0.25) is 0 Å². The van der Waals surface area contributed by atoms with Crippen molar-refractivity contribution in [1.29, 1.82) is 0 Å². The van der Waals surface area contributed by atoms with Gasteiger partial charge in [-0.05, 0) is 105 Å². The average molecular weight is 526 g/mol. The molecular formula is C30H34ClF2N3O. The lowest BCUT2D eigenvalue weighted by Crippen LogP contribution is -2.38. The van der Waals surface area contributed by atoms with Gasteiger partial charge in [0.2, 0.25) is 0 Å². The van der Waals surface area contributed by atoms with Crippen molar-refractivity contribution in [2.45, 2.75) is 31.6 Å². The first kappa shape index (κ1) is 27.2. The molecule has 0 spiro atoms. The topological polar surface area (TPSA) is 36.4 Å². The van der Waals surface area contributed by atoms with Gasteiger partial charge in [-0.1, -0.05) is 24.3 Å². The van der Waals surface area contributed by atoms with Crippen LogP contribution in [-0.2, 0) is 6.42 Å². The normalized spacial score (nSPS) is 18.9. The summed E-state index contributed by atoms with van der Waals surface area (Å²) in [7, 11) is 1.88. The van der Waals surface area contributed by atoms with Gasteiger partial charge in [0.1, 0.15) is 11.6 Å². The first-order chi connectivity index (χ1) is 17.5. The number of carbonyl (C=O) groups is 1. The molecule has 2 aliphatic heterocycles. The number of amides is 1. The predicted molar refractivity (Wildman–Crippen MR) is 144 cm³/mol. The van der Waals surface area contributed by atoms with Crippen molar-refractivity contribution in [2.24, 2.45) is 11.8 Å². The van der Waals surface area contributed by atoms with E-state index in [2.05, 4.69) is 9.88 Å². The fraction of sp³-hybridized carbons (Fsp3) is 0.400. The Morgan fingerprint density at radius 2 is 1.54 bits per heavy atom. The van der Waals surface area contributed by atoms with Gasteiger partial charge in [0, 0.05) is 25.7 Å². The molecule has 3 heterocycles. The predicted octanol–water partition coefficient (Wildman–Crippen LogP) is 5.96. The number of hydrogen-bond donors (Lipinski definition) is 0. The Kier molecular flexibility index (Phi) is 8.93. The van der Waals surface area contributed by atoms with Crippen LogP contribution in [0.3, 0.4) is 0 Å². The molecule has 3 aromatic rings. The van der Waals surface area contributed by atoms with Crippen molar-refractivity contribution in [2.75, 3.05) is 33.2 Å². The molecule has 1 fully saturated rings. The highest BCUT2D eigenvalue weighted by molar-refractivity contribution is 5.95. The molecule has 7 heteroatoms. The number of halogens is 3. The standard InChI is InChI=1S/C30H33F2N3O.ClH/c1-34-20-21(19-28-27(30(34)36)3-2-15-33-28)12-16-35-17-13-24(14-18-35)29(22-4-8-25(31)9-5-22)23-6-10-26(32)11-7-23;/h2-11,15,21,24,29H,12-14,16-20H2,1H3;1H. The number of carbonyl (C=O) groups excluding carboxylic acids is 1. The fourth-order valence-corrected chi connectivity index (χ4v) is 5.95. The number of benzene rings is 2. The van der Waals surface area contributed by atoms with E-state index in [1.165, 1.54) is 24.3 Å². The Hall–Kier alpha value is -2.83. The lowest BCUT2D eigenvalue weighted by molar-refractivity contribution is 0.0775. The number of hydrogen-bond acceptors (Lipinski definition) is 3. The molecule has 4 nitrogen and oxygen atoms in total. The van der Waals surface area contributed by atoms with E-state index in [4.69, 9.17) is 0 Å².